The van der Waals surface area contributed by atoms with Crippen molar-refractivity contribution < 1.29 is 9.59 Å². The van der Waals surface area contributed by atoms with Gasteiger partial charge in [-0.25, -0.2) is 0 Å². The molecule has 0 aromatic carbocycles. The van der Waals surface area contributed by atoms with Crippen molar-refractivity contribution in [2.75, 3.05) is 20.1 Å². The standard InChI is InChI=1S/C14H18BrN5O2S2/c1-3-20-11(17-18-14(20)23)6-7-16-12(21)8-19(2)13(22)9-4-5-10(15)24-9/h4-5H,3,6-8H2,1-2H3,(H,16,21)(H,18,23). The Hall–Kier alpha value is -1.52. The van der Waals surface area contributed by atoms with E-state index in [1.807, 2.05) is 17.6 Å². The molecule has 0 radical (unpaired) electrons. The van der Waals surface area contributed by atoms with Gasteiger partial charge in [0.2, 0.25) is 5.91 Å². The summed E-state index contributed by atoms with van der Waals surface area (Å²) in [5.74, 6) is 0.419. The van der Waals surface area contributed by atoms with E-state index >= 15 is 0 Å². The number of likely N-dealkylation sites (N-methyl/N-ethyl adjacent to an activating group) is 1. The van der Waals surface area contributed by atoms with Crippen LogP contribution in [-0.2, 0) is 17.8 Å². The molecule has 0 bridgehead atoms. The lowest BCUT2D eigenvalue weighted by molar-refractivity contribution is -0.121. The molecule has 24 heavy (non-hydrogen) atoms. The molecule has 2 rings (SSSR count). The molecule has 0 saturated carbocycles. The summed E-state index contributed by atoms with van der Waals surface area (Å²) in [5, 5.41) is 9.68. The Labute approximate surface area is 157 Å². The van der Waals surface area contributed by atoms with Crippen LogP contribution in [0.2, 0.25) is 0 Å². The highest BCUT2D eigenvalue weighted by atomic mass is 79.9. The number of hydrogen-bond acceptors (Lipinski definition) is 5. The minimum atomic E-state index is -0.210. The fourth-order valence-electron chi connectivity index (χ4n) is 2.14. The smallest absolute Gasteiger partial charge is 0.264 e. The first-order valence-corrected chi connectivity index (χ1v) is 9.35. The summed E-state index contributed by atoms with van der Waals surface area (Å²) in [7, 11) is 1.61. The van der Waals surface area contributed by atoms with E-state index < -0.39 is 0 Å². The summed E-state index contributed by atoms with van der Waals surface area (Å²) in [6, 6.07) is 3.55. The Kier molecular flexibility index (Phi) is 6.69. The van der Waals surface area contributed by atoms with Gasteiger partial charge in [0.25, 0.3) is 5.91 Å². The van der Waals surface area contributed by atoms with E-state index in [-0.39, 0.29) is 18.4 Å². The van der Waals surface area contributed by atoms with Gasteiger partial charge in [-0.05, 0) is 47.2 Å². The monoisotopic (exact) mass is 431 g/mol. The van der Waals surface area contributed by atoms with Crippen molar-refractivity contribution in [3.8, 4) is 0 Å². The van der Waals surface area contributed by atoms with E-state index in [1.54, 1.807) is 13.1 Å². The number of halogens is 1. The molecule has 2 amide bonds. The van der Waals surface area contributed by atoms with Crippen molar-refractivity contribution in [2.24, 2.45) is 0 Å². The molecule has 0 saturated heterocycles. The molecule has 0 aliphatic heterocycles. The van der Waals surface area contributed by atoms with E-state index in [2.05, 4.69) is 31.4 Å². The lowest BCUT2D eigenvalue weighted by Crippen LogP contribution is -2.38. The second kappa shape index (κ2) is 8.54. The molecule has 2 aromatic heterocycles. The zero-order chi connectivity index (χ0) is 17.7. The van der Waals surface area contributed by atoms with Crippen LogP contribution in [0.3, 0.4) is 0 Å². The molecule has 130 valence electrons. The number of amides is 2. The topological polar surface area (TPSA) is 83.0 Å². The summed E-state index contributed by atoms with van der Waals surface area (Å²) < 4.78 is 3.34. The lowest BCUT2D eigenvalue weighted by Gasteiger charge is -2.15. The van der Waals surface area contributed by atoms with Crippen LogP contribution in [0.15, 0.2) is 15.9 Å². The van der Waals surface area contributed by atoms with Crippen molar-refractivity contribution in [3.05, 3.63) is 31.4 Å². The fraction of sp³-hybridized carbons (Fsp3) is 0.429. The van der Waals surface area contributed by atoms with Gasteiger partial charge in [-0.1, -0.05) is 0 Å². The van der Waals surface area contributed by atoms with Gasteiger partial charge in [0.1, 0.15) is 5.82 Å². The van der Waals surface area contributed by atoms with Crippen LogP contribution in [0.25, 0.3) is 0 Å². The van der Waals surface area contributed by atoms with Crippen LogP contribution in [0.1, 0.15) is 22.4 Å². The molecular weight excluding hydrogens is 414 g/mol. The molecule has 0 fully saturated rings. The Morgan fingerprint density at radius 1 is 1.50 bits per heavy atom. The summed E-state index contributed by atoms with van der Waals surface area (Å²) in [5.41, 5.74) is 0. The molecule has 2 aromatic rings. The average Bonchev–Trinajstić information content (AvgIpc) is 3.12. The Morgan fingerprint density at radius 2 is 2.25 bits per heavy atom. The number of carbonyl (C=O) groups is 2. The van der Waals surface area contributed by atoms with Crippen LogP contribution in [0, 0.1) is 4.77 Å². The highest BCUT2D eigenvalue weighted by Gasteiger charge is 2.16. The molecule has 10 heteroatoms. The van der Waals surface area contributed by atoms with E-state index in [4.69, 9.17) is 12.2 Å². The third-order valence-corrected chi connectivity index (χ3v) is 5.26. The maximum atomic E-state index is 12.2. The molecule has 0 aliphatic rings. The number of aromatic amines is 1. The van der Waals surface area contributed by atoms with Crippen molar-refractivity contribution in [3.63, 3.8) is 0 Å². The number of hydrogen-bond donors (Lipinski definition) is 2. The van der Waals surface area contributed by atoms with Crippen LogP contribution in [0.4, 0.5) is 0 Å². The maximum Gasteiger partial charge on any atom is 0.264 e. The number of nitrogens with one attached hydrogen (secondary N) is 2. The molecule has 0 aliphatic carbocycles. The van der Waals surface area contributed by atoms with Crippen molar-refractivity contribution in [1.82, 2.24) is 25.0 Å². The largest absolute Gasteiger partial charge is 0.354 e. The van der Waals surface area contributed by atoms with Gasteiger partial charge in [-0.2, -0.15) is 5.10 Å². The fourth-order valence-corrected chi connectivity index (χ4v) is 3.80. The van der Waals surface area contributed by atoms with Crippen molar-refractivity contribution >= 4 is 51.3 Å². The normalized spacial score (nSPS) is 10.6. The predicted molar refractivity (Wildman–Crippen MR) is 98.8 cm³/mol. The zero-order valence-electron chi connectivity index (χ0n) is 13.3. The van der Waals surface area contributed by atoms with Gasteiger partial charge < -0.3 is 14.8 Å². The third-order valence-electron chi connectivity index (χ3n) is 3.34. The summed E-state index contributed by atoms with van der Waals surface area (Å²) >= 11 is 9.78. The van der Waals surface area contributed by atoms with Crippen LogP contribution >= 0.6 is 39.5 Å². The Bertz CT molecular complexity index is 782. The number of rotatable bonds is 7. The van der Waals surface area contributed by atoms with Gasteiger partial charge in [0, 0.05) is 26.6 Å². The Morgan fingerprint density at radius 3 is 2.88 bits per heavy atom. The van der Waals surface area contributed by atoms with E-state index in [0.717, 1.165) is 16.2 Å². The van der Waals surface area contributed by atoms with Gasteiger partial charge in [0.15, 0.2) is 4.77 Å². The molecule has 0 unspecified atom stereocenters. The average molecular weight is 432 g/mol. The number of thiophene rings is 1. The van der Waals surface area contributed by atoms with Crippen LogP contribution in [0.5, 0.6) is 0 Å². The number of carbonyl (C=O) groups excluding carboxylic acids is 2. The first-order chi connectivity index (χ1) is 11.4. The Balaban J connectivity index is 1.80. The van der Waals surface area contributed by atoms with E-state index in [9.17, 15) is 9.59 Å². The van der Waals surface area contributed by atoms with Crippen LogP contribution < -0.4 is 5.32 Å². The summed E-state index contributed by atoms with van der Waals surface area (Å²) in [6.45, 7) is 3.16. The lowest BCUT2D eigenvalue weighted by atomic mass is 10.3. The third kappa shape index (κ3) is 4.74. The molecule has 7 nitrogen and oxygen atoms in total. The van der Waals surface area contributed by atoms with Gasteiger partial charge in [-0.3, -0.25) is 14.7 Å². The molecule has 0 spiro atoms. The van der Waals surface area contributed by atoms with Crippen molar-refractivity contribution in [1.29, 1.82) is 0 Å². The molecule has 0 atom stereocenters. The summed E-state index contributed by atoms with van der Waals surface area (Å²) in [6.07, 6.45) is 0.572. The molecule has 2 heterocycles. The minimum Gasteiger partial charge on any atom is -0.354 e. The van der Waals surface area contributed by atoms with Gasteiger partial charge >= 0.3 is 0 Å². The molecular formula is C14H18BrN5O2S2. The molecule has 2 N–H and O–H groups in total. The van der Waals surface area contributed by atoms with Crippen LogP contribution in [-0.4, -0.2) is 51.6 Å². The minimum absolute atomic E-state index is 0.00891. The zero-order valence-corrected chi connectivity index (χ0v) is 16.6. The predicted octanol–water partition coefficient (Wildman–Crippen LogP) is 2.22. The van der Waals surface area contributed by atoms with Gasteiger partial charge in [-0.15, -0.1) is 11.3 Å². The maximum absolute atomic E-state index is 12.2. The highest BCUT2D eigenvalue weighted by molar-refractivity contribution is 9.11. The number of aromatic nitrogens is 3. The number of H-pyrrole nitrogens is 1. The van der Waals surface area contributed by atoms with E-state index in [0.29, 0.717) is 22.6 Å². The summed E-state index contributed by atoms with van der Waals surface area (Å²) in [4.78, 5) is 26.2. The second-order valence-corrected chi connectivity index (χ2v) is 7.90. The first kappa shape index (κ1) is 18.8. The highest BCUT2D eigenvalue weighted by Crippen LogP contribution is 2.22. The van der Waals surface area contributed by atoms with E-state index in [1.165, 1.54) is 16.2 Å². The quantitative estimate of drug-likeness (QED) is 0.658. The second-order valence-electron chi connectivity index (χ2n) is 5.05. The SMILES string of the molecule is CCn1c(CCNC(=O)CN(C)C(=O)c2ccc(Br)s2)n[nH]c1=S. The van der Waals surface area contributed by atoms with Crippen molar-refractivity contribution in [2.45, 2.75) is 19.9 Å². The first-order valence-electron chi connectivity index (χ1n) is 7.34. The number of nitrogens with zero attached hydrogens (tertiary/aromatic N) is 3. The van der Waals surface area contributed by atoms with Gasteiger partial charge in [0.05, 0.1) is 15.2 Å².